The first-order valence-electron chi connectivity index (χ1n) is 4.83. The Balaban J connectivity index is 2.09. The first-order chi connectivity index (χ1) is 6.81. The van der Waals surface area contributed by atoms with Crippen molar-refractivity contribution in [3.63, 3.8) is 0 Å². The Hall–Kier alpha value is -0.320. The van der Waals surface area contributed by atoms with Crippen LogP contribution in [0.15, 0.2) is 5.38 Å². The number of likely N-dealkylation sites (N-methyl/N-ethyl adjacent to an activating group) is 1. The molecular formula is C9H14ClN3S. The van der Waals surface area contributed by atoms with E-state index in [1.54, 1.807) is 11.3 Å². The standard InChI is InChI=1S/C9H14ClN3S/c1-11-5-7-3-2-4-13(7)9-12-8(10)6-14-9/h6-7,11H,2-5H2,1H3. The molecule has 0 spiro atoms. The van der Waals surface area contributed by atoms with Crippen LogP contribution in [0, 0.1) is 0 Å². The Bertz CT molecular complexity index is 302. The number of halogens is 1. The number of nitrogens with zero attached hydrogens (tertiary/aromatic N) is 2. The topological polar surface area (TPSA) is 28.2 Å². The number of thiazole rings is 1. The number of hydrogen-bond acceptors (Lipinski definition) is 4. The van der Waals surface area contributed by atoms with E-state index in [4.69, 9.17) is 11.6 Å². The van der Waals surface area contributed by atoms with Gasteiger partial charge in [0.05, 0.1) is 0 Å². The van der Waals surface area contributed by atoms with Gasteiger partial charge in [-0.25, -0.2) is 4.98 Å². The van der Waals surface area contributed by atoms with Crippen LogP contribution in [0.5, 0.6) is 0 Å². The van der Waals surface area contributed by atoms with E-state index in [1.165, 1.54) is 12.8 Å². The molecule has 3 nitrogen and oxygen atoms in total. The summed E-state index contributed by atoms with van der Waals surface area (Å²) in [5.74, 6) is 0. The van der Waals surface area contributed by atoms with E-state index in [0.717, 1.165) is 18.2 Å². The van der Waals surface area contributed by atoms with Gasteiger partial charge in [0, 0.05) is 24.5 Å². The molecule has 1 saturated heterocycles. The minimum atomic E-state index is 0.585. The maximum Gasteiger partial charge on any atom is 0.187 e. The zero-order valence-corrected chi connectivity index (χ0v) is 9.74. The smallest absolute Gasteiger partial charge is 0.187 e. The quantitative estimate of drug-likeness (QED) is 0.863. The second-order valence-corrected chi connectivity index (χ2v) is 4.72. The molecule has 0 saturated carbocycles. The van der Waals surface area contributed by atoms with Crippen molar-refractivity contribution in [2.45, 2.75) is 18.9 Å². The van der Waals surface area contributed by atoms with Gasteiger partial charge in [0.25, 0.3) is 0 Å². The van der Waals surface area contributed by atoms with Gasteiger partial charge in [-0.05, 0) is 19.9 Å². The number of hydrogen-bond donors (Lipinski definition) is 1. The van der Waals surface area contributed by atoms with Crippen LogP contribution in [0.3, 0.4) is 0 Å². The van der Waals surface area contributed by atoms with Crippen molar-refractivity contribution in [1.82, 2.24) is 10.3 Å². The van der Waals surface area contributed by atoms with Crippen molar-refractivity contribution in [1.29, 1.82) is 0 Å². The van der Waals surface area contributed by atoms with Crippen molar-refractivity contribution in [3.8, 4) is 0 Å². The molecule has 2 heterocycles. The van der Waals surface area contributed by atoms with Crippen LogP contribution in [-0.4, -0.2) is 31.2 Å². The van der Waals surface area contributed by atoms with E-state index >= 15 is 0 Å². The van der Waals surface area contributed by atoms with Gasteiger partial charge in [0.2, 0.25) is 0 Å². The van der Waals surface area contributed by atoms with Crippen LogP contribution in [0.4, 0.5) is 5.13 Å². The van der Waals surface area contributed by atoms with Crippen molar-refractivity contribution in [3.05, 3.63) is 10.5 Å². The van der Waals surface area contributed by atoms with E-state index in [0.29, 0.717) is 11.2 Å². The van der Waals surface area contributed by atoms with Crippen molar-refractivity contribution < 1.29 is 0 Å². The third-order valence-electron chi connectivity index (χ3n) is 2.53. The lowest BCUT2D eigenvalue weighted by Gasteiger charge is -2.23. The highest BCUT2D eigenvalue weighted by Gasteiger charge is 2.25. The van der Waals surface area contributed by atoms with Crippen LogP contribution in [0.2, 0.25) is 5.15 Å². The Kier molecular flexibility index (Phi) is 3.26. The molecule has 1 atom stereocenters. The lowest BCUT2D eigenvalue weighted by molar-refractivity contribution is 0.615. The molecule has 0 aromatic carbocycles. The molecular weight excluding hydrogens is 218 g/mol. The molecule has 2 rings (SSSR count). The van der Waals surface area contributed by atoms with E-state index in [2.05, 4.69) is 15.2 Å². The average Bonchev–Trinajstić information content (AvgIpc) is 2.74. The summed E-state index contributed by atoms with van der Waals surface area (Å²) in [7, 11) is 1.99. The molecule has 0 bridgehead atoms. The molecule has 78 valence electrons. The van der Waals surface area contributed by atoms with E-state index in [1.807, 2.05) is 12.4 Å². The van der Waals surface area contributed by atoms with Crippen molar-refractivity contribution in [2.75, 3.05) is 25.0 Å². The predicted octanol–water partition coefficient (Wildman–Crippen LogP) is 1.98. The summed E-state index contributed by atoms with van der Waals surface area (Å²) in [6.45, 7) is 2.13. The highest BCUT2D eigenvalue weighted by Crippen LogP contribution is 2.29. The summed E-state index contributed by atoms with van der Waals surface area (Å²) < 4.78 is 0. The van der Waals surface area contributed by atoms with Gasteiger partial charge in [0.1, 0.15) is 5.15 Å². The molecule has 1 fully saturated rings. The number of aromatic nitrogens is 1. The average molecular weight is 232 g/mol. The molecule has 0 aliphatic carbocycles. The Morgan fingerprint density at radius 2 is 2.64 bits per heavy atom. The van der Waals surface area contributed by atoms with Gasteiger partial charge in [-0.2, -0.15) is 0 Å². The van der Waals surface area contributed by atoms with E-state index in [9.17, 15) is 0 Å². The maximum absolute atomic E-state index is 5.82. The van der Waals surface area contributed by atoms with Crippen LogP contribution >= 0.6 is 22.9 Å². The summed E-state index contributed by atoms with van der Waals surface area (Å²) in [5.41, 5.74) is 0. The van der Waals surface area contributed by atoms with E-state index < -0.39 is 0 Å². The first-order valence-corrected chi connectivity index (χ1v) is 6.09. The summed E-state index contributed by atoms with van der Waals surface area (Å²) in [6.07, 6.45) is 2.50. The lowest BCUT2D eigenvalue weighted by atomic mass is 10.2. The molecule has 1 aromatic rings. The largest absolute Gasteiger partial charge is 0.344 e. The Morgan fingerprint density at radius 1 is 1.79 bits per heavy atom. The molecule has 0 radical (unpaired) electrons. The molecule has 1 N–H and O–H groups in total. The van der Waals surface area contributed by atoms with Crippen LogP contribution in [0.25, 0.3) is 0 Å². The molecule has 0 amide bonds. The second kappa shape index (κ2) is 4.47. The van der Waals surface area contributed by atoms with Gasteiger partial charge in [-0.3, -0.25) is 0 Å². The lowest BCUT2D eigenvalue weighted by Crippen LogP contribution is -2.36. The fraction of sp³-hybridized carbons (Fsp3) is 0.667. The molecule has 5 heteroatoms. The Morgan fingerprint density at radius 3 is 3.29 bits per heavy atom. The molecule has 1 aromatic heterocycles. The number of rotatable bonds is 3. The molecule has 1 aliphatic rings. The van der Waals surface area contributed by atoms with Gasteiger partial charge in [-0.1, -0.05) is 11.6 Å². The molecule has 14 heavy (non-hydrogen) atoms. The summed E-state index contributed by atoms with van der Waals surface area (Å²) in [5, 5.41) is 6.79. The van der Waals surface area contributed by atoms with Crippen LogP contribution < -0.4 is 10.2 Å². The predicted molar refractivity (Wildman–Crippen MR) is 61.4 cm³/mol. The normalized spacial score (nSPS) is 21.9. The fourth-order valence-electron chi connectivity index (χ4n) is 1.91. The monoisotopic (exact) mass is 231 g/mol. The third-order valence-corrected chi connectivity index (χ3v) is 3.73. The highest BCUT2D eigenvalue weighted by atomic mass is 35.5. The highest BCUT2D eigenvalue weighted by molar-refractivity contribution is 7.14. The van der Waals surface area contributed by atoms with Crippen LogP contribution in [-0.2, 0) is 0 Å². The number of anilines is 1. The van der Waals surface area contributed by atoms with Crippen LogP contribution in [0.1, 0.15) is 12.8 Å². The van der Waals surface area contributed by atoms with Gasteiger partial charge >= 0.3 is 0 Å². The number of nitrogens with one attached hydrogen (secondary N) is 1. The fourth-order valence-corrected chi connectivity index (χ4v) is 2.96. The van der Waals surface area contributed by atoms with Gasteiger partial charge in [0.15, 0.2) is 5.13 Å². The summed E-state index contributed by atoms with van der Waals surface area (Å²) in [6, 6.07) is 0.585. The zero-order valence-electron chi connectivity index (χ0n) is 8.16. The van der Waals surface area contributed by atoms with Crippen molar-refractivity contribution in [2.24, 2.45) is 0 Å². The van der Waals surface area contributed by atoms with Gasteiger partial charge in [-0.15, -0.1) is 11.3 Å². The molecule has 1 aliphatic heterocycles. The van der Waals surface area contributed by atoms with Gasteiger partial charge < -0.3 is 10.2 Å². The SMILES string of the molecule is CNCC1CCCN1c1nc(Cl)cs1. The summed E-state index contributed by atoms with van der Waals surface area (Å²) >= 11 is 7.45. The van der Waals surface area contributed by atoms with E-state index in [-0.39, 0.29) is 0 Å². The third kappa shape index (κ3) is 2.02. The second-order valence-electron chi connectivity index (χ2n) is 3.50. The van der Waals surface area contributed by atoms with Crippen molar-refractivity contribution >= 4 is 28.1 Å². The minimum Gasteiger partial charge on any atom is -0.344 e. The zero-order chi connectivity index (χ0) is 9.97. The minimum absolute atomic E-state index is 0.585. The Labute approximate surface area is 93.1 Å². The summed E-state index contributed by atoms with van der Waals surface area (Å²) in [4.78, 5) is 6.66. The molecule has 1 unspecified atom stereocenters. The first kappa shape index (κ1) is 10.2. The maximum atomic E-state index is 5.82.